The summed E-state index contributed by atoms with van der Waals surface area (Å²) in [5, 5.41) is 0. The summed E-state index contributed by atoms with van der Waals surface area (Å²) in [4.78, 5) is 12.9. The third-order valence-corrected chi connectivity index (χ3v) is 2.70. The first kappa shape index (κ1) is 6.95. The normalized spacial score (nSPS) is 24.2. The van der Waals surface area contributed by atoms with Gasteiger partial charge in [0.05, 0.1) is 12.5 Å². The SMILES string of the molecule is O=C1C[C@H]2c3ccccc3OCN12. The van der Waals surface area contributed by atoms with E-state index in [2.05, 4.69) is 0 Å². The summed E-state index contributed by atoms with van der Waals surface area (Å²) in [5.41, 5.74) is 1.15. The van der Waals surface area contributed by atoms with Gasteiger partial charge in [0.2, 0.25) is 5.91 Å². The van der Waals surface area contributed by atoms with Crippen LogP contribution in [0.3, 0.4) is 0 Å². The molecule has 1 aromatic rings. The Morgan fingerprint density at radius 3 is 3.08 bits per heavy atom. The topological polar surface area (TPSA) is 29.5 Å². The van der Waals surface area contributed by atoms with Crippen molar-refractivity contribution in [1.29, 1.82) is 0 Å². The number of hydrogen-bond donors (Lipinski definition) is 0. The number of ether oxygens (including phenoxy) is 1. The highest BCUT2D eigenvalue weighted by molar-refractivity contribution is 5.84. The first-order valence-electron chi connectivity index (χ1n) is 4.37. The van der Waals surface area contributed by atoms with Crippen LogP contribution in [0.15, 0.2) is 24.3 Å². The van der Waals surface area contributed by atoms with Crippen LogP contribution in [0.2, 0.25) is 0 Å². The molecule has 13 heavy (non-hydrogen) atoms. The molecule has 0 aromatic heterocycles. The summed E-state index contributed by atoms with van der Waals surface area (Å²) >= 11 is 0. The molecule has 2 heterocycles. The van der Waals surface area contributed by atoms with Gasteiger partial charge in [-0.3, -0.25) is 4.79 Å². The molecule has 0 unspecified atom stereocenters. The van der Waals surface area contributed by atoms with Gasteiger partial charge in [0, 0.05) is 5.56 Å². The lowest BCUT2D eigenvalue weighted by atomic mass is 9.93. The van der Waals surface area contributed by atoms with Crippen LogP contribution in [0.4, 0.5) is 0 Å². The van der Waals surface area contributed by atoms with Crippen molar-refractivity contribution in [1.82, 2.24) is 4.90 Å². The fourth-order valence-corrected chi connectivity index (χ4v) is 1.92. The molecule has 0 bridgehead atoms. The van der Waals surface area contributed by atoms with E-state index in [0.29, 0.717) is 13.2 Å². The van der Waals surface area contributed by atoms with Crippen molar-refractivity contribution in [2.75, 3.05) is 6.73 Å². The van der Waals surface area contributed by atoms with E-state index in [1.165, 1.54) is 0 Å². The molecule has 1 fully saturated rings. The number of nitrogens with zero attached hydrogens (tertiary/aromatic N) is 1. The van der Waals surface area contributed by atoms with Gasteiger partial charge in [-0.15, -0.1) is 0 Å². The highest BCUT2D eigenvalue weighted by Crippen LogP contribution is 2.41. The van der Waals surface area contributed by atoms with Gasteiger partial charge in [-0.2, -0.15) is 0 Å². The number of amides is 1. The number of fused-ring (bicyclic) bond motifs is 3. The number of benzene rings is 1. The third kappa shape index (κ3) is 0.813. The van der Waals surface area contributed by atoms with E-state index in [1.54, 1.807) is 4.90 Å². The second-order valence-electron chi connectivity index (χ2n) is 3.39. The molecule has 1 atom stereocenters. The van der Waals surface area contributed by atoms with Gasteiger partial charge in [0.15, 0.2) is 6.73 Å². The van der Waals surface area contributed by atoms with Crippen molar-refractivity contribution in [2.45, 2.75) is 12.5 Å². The molecule has 1 amide bonds. The van der Waals surface area contributed by atoms with Gasteiger partial charge in [-0.05, 0) is 6.07 Å². The van der Waals surface area contributed by atoms with E-state index in [-0.39, 0.29) is 11.9 Å². The Bertz CT molecular complexity index is 375. The van der Waals surface area contributed by atoms with Gasteiger partial charge < -0.3 is 9.64 Å². The van der Waals surface area contributed by atoms with Crippen LogP contribution in [0.5, 0.6) is 5.75 Å². The quantitative estimate of drug-likeness (QED) is 0.556. The monoisotopic (exact) mass is 175 g/mol. The van der Waals surface area contributed by atoms with Crippen LogP contribution in [0.25, 0.3) is 0 Å². The Balaban J connectivity index is 2.05. The standard InChI is InChI=1S/C10H9NO2/c12-10-5-8-7-3-1-2-4-9(7)13-6-11(8)10/h1-4,8H,5-6H2/t8-/m0/s1. The maximum absolute atomic E-state index is 11.1. The summed E-state index contributed by atoms with van der Waals surface area (Å²) in [5.74, 6) is 1.12. The second kappa shape index (κ2) is 2.25. The van der Waals surface area contributed by atoms with E-state index in [4.69, 9.17) is 4.74 Å². The lowest BCUT2D eigenvalue weighted by Gasteiger charge is -2.44. The van der Waals surface area contributed by atoms with Gasteiger partial charge in [-0.25, -0.2) is 0 Å². The Kier molecular flexibility index (Phi) is 1.20. The maximum atomic E-state index is 11.1. The van der Waals surface area contributed by atoms with Gasteiger partial charge in [0.1, 0.15) is 5.75 Å². The summed E-state index contributed by atoms with van der Waals surface area (Å²) in [6.45, 7) is 0.417. The third-order valence-electron chi connectivity index (χ3n) is 2.70. The van der Waals surface area contributed by atoms with Crippen LogP contribution >= 0.6 is 0 Å². The van der Waals surface area contributed by atoms with Crippen LogP contribution in [-0.4, -0.2) is 17.5 Å². The highest BCUT2D eigenvalue weighted by Gasteiger charge is 2.41. The van der Waals surface area contributed by atoms with Crippen molar-refractivity contribution in [3.05, 3.63) is 29.8 Å². The lowest BCUT2D eigenvalue weighted by molar-refractivity contribution is -0.153. The lowest BCUT2D eigenvalue weighted by Crippen LogP contribution is -2.50. The van der Waals surface area contributed by atoms with Crippen molar-refractivity contribution in [3.63, 3.8) is 0 Å². The molecule has 0 N–H and O–H groups in total. The molecule has 1 saturated heterocycles. The minimum absolute atomic E-state index is 0.194. The number of hydrogen-bond acceptors (Lipinski definition) is 2. The summed E-state index contributed by atoms with van der Waals surface area (Å²) in [7, 11) is 0. The average molecular weight is 175 g/mol. The molecule has 0 radical (unpaired) electrons. The molecular weight excluding hydrogens is 166 g/mol. The molecule has 3 heteroatoms. The van der Waals surface area contributed by atoms with Crippen LogP contribution in [-0.2, 0) is 4.79 Å². The van der Waals surface area contributed by atoms with E-state index in [0.717, 1.165) is 11.3 Å². The van der Waals surface area contributed by atoms with Gasteiger partial charge in [0.25, 0.3) is 0 Å². The number of β-lactam (4-membered cyclic amide) rings is 1. The molecule has 3 rings (SSSR count). The smallest absolute Gasteiger partial charge is 0.228 e. The fraction of sp³-hybridized carbons (Fsp3) is 0.300. The number of para-hydroxylation sites is 1. The summed E-state index contributed by atoms with van der Waals surface area (Å²) in [6.07, 6.45) is 0.639. The first-order chi connectivity index (χ1) is 6.36. The molecule has 0 aliphatic carbocycles. The molecular formula is C10H9NO2. The fourth-order valence-electron chi connectivity index (χ4n) is 1.92. The predicted octanol–water partition coefficient (Wildman–Crippen LogP) is 1.31. The van der Waals surface area contributed by atoms with Crippen molar-refractivity contribution in [2.24, 2.45) is 0 Å². The largest absolute Gasteiger partial charge is 0.473 e. The zero-order valence-electron chi connectivity index (χ0n) is 7.06. The first-order valence-corrected chi connectivity index (χ1v) is 4.37. The zero-order chi connectivity index (χ0) is 8.84. The summed E-state index contributed by atoms with van der Waals surface area (Å²) in [6, 6.07) is 8.19. The molecule has 3 nitrogen and oxygen atoms in total. The van der Waals surface area contributed by atoms with Crippen molar-refractivity contribution in [3.8, 4) is 5.75 Å². The van der Waals surface area contributed by atoms with Crippen LogP contribution in [0, 0.1) is 0 Å². The van der Waals surface area contributed by atoms with E-state index in [9.17, 15) is 4.79 Å². The van der Waals surface area contributed by atoms with Gasteiger partial charge >= 0.3 is 0 Å². The molecule has 1 aromatic carbocycles. The Morgan fingerprint density at radius 1 is 1.38 bits per heavy atom. The highest BCUT2D eigenvalue weighted by atomic mass is 16.5. The zero-order valence-corrected chi connectivity index (χ0v) is 7.06. The molecule has 2 aliphatic rings. The van der Waals surface area contributed by atoms with Gasteiger partial charge in [-0.1, -0.05) is 18.2 Å². The predicted molar refractivity (Wildman–Crippen MR) is 46.1 cm³/mol. The number of carbonyl (C=O) groups excluding carboxylic acids is 1. The molecule has 2 aliphatic heterocycles. The van der Waals surface area contributed by atoms with Crippen molar-refractivity contribution >= 4 is 5.91 Å². The number of carbonyl (C=O) groups is 1. The van der Waals surface area contributed by atoms with E-state index in [1.807, 2.05) is 24.3 Å². The molecule has 66 valence electrons. The maximum Gasteiger partial charge on any atom is 0.228 e. The minimum atomic E-state index is 0.194. The Hall–Kier alpha value is -1.51. The molecule has 0 spiro atoms. The number of rotatable bonds is 0. The van der Waals surface area contributed by atoms with Crippen LogP contribution < -0.4 is 4.74 Å². The summed E-state index contributed by atoms with van der Waals surface area (Å²) < 4.78 is 5.43. The van der Waals surface area contributed by atoms with E-state index < -0.39 is 0 Å². The second-order valence-corrected chi connectivity index (χ2v) is 3.39. The minimum Gasteiger partial charge on any atom is -0.473 e. The average Bonchev–Trinajstić information content (AvgIpc) is 2.16. The van der Waals surface area contributed by atoms with E-state index >= 15 is 0 Å². The molecule has 0 saturated carbocycles. The Morgan fingerprint density at radius 2 is 2.23 bits per heavy atom. The van der Waals surface area contributed by atoms with Crippen LogP contribution in [0.1, 0.15) is 18.0 Å². The van der Waals surface area contributed by atoms with Crippen molar-refractivity contribution < 1.29 is 9.53 Å². The Labute approximate surface area is 75.9 Å².